The third kappa shape index (κ3) is 4.43. The minimum absolute atomic E-state index is 0.0318. The van der Waals surface area contributed by atoms with Crippen molar-refractivity contribution in [3.63, 3.8) is 0 Å². The first kappa shape index (κ1) is 16.7. The maximum atomic E-state index is 11.9. The van der Waals surface area contributed by atoms with Crippen LogP contribution in [0.1, 0.15) is 23.2 Å². The molecule has 1 heterocycles. The molecule has 0 radical (unpaired) electrons. The highest BCUT2D eigenvalue weighted by molar-refractivity contribution is 6.33. The van der Waals surface area contributed by atoms with Crippen LogP contribution in [0.25, 0.3) is 0 Å². The average Bonchev–Trinajstić information content (AvgIpc) is 3.00. The molecule has 1 fully saturated rings. The average molecular weight is 326 g/mol. The highest BCUT2D eigenvalue weighted by Crippen LogP contribution is 2.18. The number of rotatable bonds is 6. The number of hydrogen-bond acceptors (Lipinski definition) is 4. The van der Waals surface area contributed by atoms with E-state index in [1.54, 1.807) is 24.3 Å². The Morgan fingerprint density at radius 1 is 1.23 bits per heavy atom. The van der Waals surface area contributed by atoms with Gasteiger partial charge in [0.1, 0.15) is 6.10 Å². The largest absolute Gasteiger partial charge is 0.364 e. The van der Waals surface area contributed by atoms with Crippen LogP contribution in [0.3, 0.4) is 0 Å². The second-order valence-electron chi connectivity index (χ2n) is 5.09. The lowest BCUT2D eigenvalue weighted by Gasteiger charge is -2.13. The molecular weight excluding hydrogens is 306 g/mol. The molecule has 1 saturated heterocycles. The molecule has 0 bridgehead atoms. The molecule has 2 amide bonds. The van der Waals surface area contributed by atoms with Gasteiger partial charge in [0.15, 0.2) is 0 Å². The summed E-state index contributed by atoms with van der Waals surface area (Å²) in [4.78, 5) is 23.8. The molecule has 0 unspecified atom stereocenters. The van der Waals surface area contributed by atoms with E-state index in [-0.39, 0.29) is 17.9 Å². The molecule has 1 aromatic rings. The molecule has 0 aliphatic carbocycles. The van der Waals surface area contributed by atoms with E-state index in [9.17, 15) is 9.59 Å². The fourth-order valence-corrected chi connectivity index (χ4v) is 2.51. The van der Waals surface area contributed by atoms with Crippen LogP contribution >= 0.6 is 11.6 Å². The van der Waals surface area contributed by atoms with Crippen LogP contribution in [-0.2, 0) is 9.53 Å². The molecule has 7 heteroatoms. The van der Waals surface area contributed by atoms with Crippen molar-refractivity contribution in [2.45, 2.75) is 25.0 Å². The van der Waals surface area contributed by atoms with Gasteiger partial charge in [0.05, 0.1) is 16.7 Å². The monoisotopic (exact) mass is 325 g/mol. The summed E-state index contributed by atoms with van der Waals surface area (Å²) in [5.74, 6) is -0.428. The van der Waals surface area contributed by atoms with Crippen molar-refractivity contribution in [2.75, 3.05) is 19.6 Å². The van der Waals surface area contributed by atoms with E-state index in [4.69, 9.17) is 22.1 Å². The predicted octanol–water partition coefficient (Wildman–Crippen LogP) is 0.692. The third-order valence-electron chi connectivity index (χ3n) is 3.49. The van der Waals surface area contributed by atoms with Crippen molar-refractivity contribution in [1.82, 2.24) is 10.6 Å². The first-order valence-corrected chi connectivity index (χ1v) is 7.65. The zero-order chi connectivity index (χ0) is 15.9. The molecule has 1 aliphatic heterocycles. The topological polar surface area (TPSA) is 93.5 Å². The van der Waals surface area contributed by atoms with Gasteiger partial charge in [-0.05, 0) is 25.0 Å². The van der Waals surface area contributed by atoms with E-state index in [1.165, 1.54) is 0 Å². The molecule has 2 rings (SSSR count). The van der Waals surface area contributed by atoms with Crippen LogP contribution in [0.5, 0.6) is 0 Å². The standard InChI is InChI=1S/C15H20ClN3O3/c16-12-4-2-1-3-11(12)14(20)18-7-8-19-15(21)13-6-5-10(9-17)22-13/h1-4,10,13H,5-9,17H2,(H,18,20)(H,19,21)/t10-,13+/m1/s1. The lowest BCUT2D eigenvalue weighted by atomic mass is 10.2. The van der Waals surface area contributed by atoms with Gasteiger partial charge in [0.25, 0.3) is 5.91 Å². The molecular formula is C15H20ClN3O3. The van der Waals surface area contributed by atoms with Crippen LogP contribution in [0.15, 0.2) is 24.3 Å². The van der Waals surface area contributed by atoms with E-state index >= 15 is 0 Å². The molecule has 2 atom stereocenters. The van der Waals surface area contributed by atoms with Gasteiger partial charge in [-0.1, -0.05) is 23.7 Å². The van der Waals surface area contributed by atoms with Crippen LogP contribution < -0.4 is 16.4 Å². The Morgan fingerprint density at radius 2 is 1.95 bits per heavy atom. The van der Waals surface area contributed by atoms with Crippen molar-refractivity contribution in [3.05, 3.63) is 34.9 Å². The van der Waals surface area contributed by atoms with Gasteiger partial charge in [0.2, 0.25) is 5.91 Å². The highest BCUT2D eigenvalue weighted by atomic mass is 35.5. The summed E-state index contributed by atoms with van der Waals surface area (Å²) >= 11 is 5.94. The summed E-state index contributed by atoms with van der Waals surface area (Å²) in [5, 5.41) is 5.84. The molecule has 120 valence electrons. The van der Waals surface area contributed by atoms with Crippen LogP contribution in [0.2, 0.25) is 5.02 Å². The Hall–Kier alpha value is -1.63. The summed E-state index contributed by atoms with van der Waals surface area (Å²) in [6.45, 7) is 1.09. The van der Waals surface area contributed by atoms with Crippen molar-refractivity contribution >= 4 is 23.4 Å². The maximum Gasteiger partial charge on any atom is 0.252 e. The molecule has 1 aromatic carbocycles. The Bertz CT molecular complexity index is 539. The Labute approximate surface area is 134 Å². The number of halogens is 1. The summed E-state index contributed by atoms with van der Waals surface area (Å²) in [5.41, 5.74) is 5.92. The number of hydrogen-bond donors (Lipinski definition) is 3. The molecule has 22 heavy (non-hydrogen) atoms. The number of nitrogens with two attached hydrogens (primary N) is 1. The number of carbonyl (C=O) groups excluding carboxylic acids is 2. The van der Waals surface area contributed by atoms with Crippen molar-refractivity contribution in [3.8, 4) is 0 Å². The van der Waals surface area contributed by atoms with Gasteiger partial charge in [0, 0.05) is 19.6 Å². The number of ether oxygens (including phenoxy) is 1. The van der Waals surface area contributed by atoms with Gasteiger partial charge in [-0.3, -0.25) is 9.59 Å². The Morgan fingerprint density at radius 3 is 2.64 bits per heavy atom. The van der Waals surface area contributed by atoms with Crippen LogP contribution in [0, 0.1) is 0 Å². The molecule has 0 aromatic heterocycles. The zero-order valence-corrected chi connectivity index (χ0v) is 12.9. The fourth-order valence-electron chi connectivity index (χ4n) is 2.29. The maximum absolute atomic E-state index is 11.9. The Balaban J connectivity index is 1.68. The van der Waals surface area contributed by atoms with Crippen molar-refractivity contribution in [2.24, 2.45) is 5.73 Å². The summed E-state index contributed by atoms with van der Waals surface area (Å²) in [6.07, 6.45) is 1.01. The highest BCUT2D eigenvalue weighted by Gasteiger charge is 2.29. The zero-order valence-electron chi connectivity index (χ0n) is 12.2. The number of carbonyl (C=O) groups is 2. The van der Waals surface area contributed by atoms with Crippen LogP contribution in [0.4, 0.5) is 0 Å². The van der Waals surface area contributed by atoms with Crippen LogP contribution in [-0.4, -0.2) is 43.7 Å². The van der Waals surface area contributed by atoms with E-state index < -0.39 is 6.10 Å². The quantitative estimate of drug-likeness (QED) is 0.671. The molecule has 1 aliphatic rings. The summed E-state index contributed by atoms with van der Waals surface area (Å²) in [6, 6.07) is 6.81. The van der Waals surface area contributed by atoms with Gasteiger partial charge in [-0.25, -0.2) is 0 Å². The van der Waals surface area contributed by atoms with E-state index in [2.05, 4.69) is 10.6 Å². The van der Waals surface area contributed by atoms with E-state index in [0.29, 0.717) is 36.6 Å². The van der Waals surface area contributed by atoms with E-state index in [1.807, 2.05) is 0 Å². The predicted molar refractivity (Wildman–Crippen MR) is 83.7 cm³/mol. The lowest BCUT2D eigenvalue weighted by Crippen LogP contribution is -2.40. The minimum atomic E-state index is -0.437. The third-order valence-corrected chi connectivity index (χ3v) is 3.82. The normalized spacial score (nSPS) is 20.6. The van der Waals surface area contributed by atoms with Crippen molar-refractivity contribution < 1.29 is 14.3 Å². The van der Waals surface area contributed by atoms with Gasteiger partial charge < -0.3 is 21.1 Å². The molecule has 0 spiro atoms. The summed E-state index contributed by atoms with van der Waals surface area (Å²) in [7, 11) is 0. The lowest BCUT2D eigenvalue weighted by molar-refractivity contribution is -0.131. The fraction of sp³-hybridized carbons (Fsp3) is 0.467. The number of amides is 2. The second-order valence-corrected chi connectivity index (χ2v) is 5.49. The molecule has 0 saturated carbocycles. The number of benzene rings is 1. The molecule has 4 N–H and O–H groups in total. The smallest absolute Gasteiger partial charge is 0.252 e. The minimum Gasteiger partial charge on any atom is -0.364 e. The van der Waals surface area contributed by atoms with Gasteiger partial charge in [-0.2, -0.15) is 0 Å². The first-order valence-electron chi connectivity index (χ1n) is 7.27. The Kier molecular flexibility index (Phi) is 6.18. The summed E-state index contributed by atoms with van der Waals surface area (Å²) < 4.78 is 5.49. The SMILES string of the molecule is NC[C@H]1CC[C@@H](C(=O)NCCNC(=O)c2ccccc2Cl)O1. The van der Waals surface area contributed by atoms with Crippen molar-refractivity contribution in [1.29, 1.82) is 0 Å². The molecule has 6 nitrogen and oxygen atoms in total. The number of nitrogens with one attached hydrogen (secondary N) is 2. The second kappa shape index (κ2) is 8.12. The first-order chi connectivity index (χ1) is 10.6. The van der Waals surface area contributed by atoms with E-state index in [0.717, 1.165) is 6.42 Å². The van der Waals surface area contributed by atoms with Gasteiger partial charge >= 0.3 is 0 Å². The van der Waals surface area contributed by atoms with Gasteiger partial charge in [-0.15, -0.1) is 0 Å².